The summed E-state index contributed by atoms with van der Waals surface area (Å²) in [7, 11) is -3.80. The summed E-state index contributed by atoms with van der Waals surface area (Å²) in [5.41, 5.74) is 1.32. The number of carbonyl (C=O) groups excluding carboxylic acids is 1. The predicted octanol–water partition coefficient (Wildman–Crippen LogP) is 2.52. The SMILES string of the molecule is O=C1Cc2cc(S(=O)(=O)Nc3ccc(NC4CCCCC4)nn3)ccc2N1. The molecule has 8 nitrogen and oxygen atoms in total. The van der Waals surface area contributed by atoms with Crippen LogP contribution in [0.25, 0.3) is 0 Å². The zero-order valence-electron chi connectivity index (χ0n) is 14.7. The Kier molecular flexibility index (Phi) is 4.69. The van der Waals surface area contributed by atoms with Crippen LogP contribution >= 0.6 is 0 Å². The number of hydrogen-bond acceptors (Lipinski definition) is 6. The average Bonchev–Trinajstić information content (AvgIpc) is 3.03. The molecule has 27 heavy (non-hydrogen) atoms. The van der Waals surface area contributed by atoms with E-state index in [4.69, 9.17) is 0 Å². The summed E-state index contributed by atoms with van der Waals surface area (Å²) in [5.74, 6) is 0.658. The molecular weight excluding hydrogens is 366 g/mol. The highest BCUT2D eigenvalue weighted by Gasteiger charge is 2.22. The molecule has 9 heteroatoms. The van der Waals surface area contributed by atoms with E-state index >= 15 is 0 Å². The van der Waals surface area contributed by atoms with E-state index in [2.05, 4.69) is 25.6 Å². The van der Waals surface area contributed by atoms with Gasteiger partial charge in [-0.1, -0.05) is 19.3 Å². The molecule has 1 aromatic carbocycles. The number of fused-ring (bicyclic) bond motifs is 1. The van der Waals surface area contributed by atoms with Gasteiger partial charge in [0, 0.05) is 11.7 Å². The molecule has 0 unspecified atom stereocenters. The van der Waals surface area contributed by atoms with Crippen LogP contribution in [0.5, 0.6) is 0 Å². The van der Waals surface area contributed by atoms with Crippen LogP contribution in [-0.4, -0.2) is 30.6 Å². The molecule has 0 atom stereocenters. The first-order valence-corrected chi connectivity index (χ1v) is 10.5. The van der Waals surface area contributed by atoms with Crippen molar-refractivity contribution in [2.45, 2.75) is 49.5 Å². The second-order valence-electron chi connectivity index (χ2n) is 6.93. The smallest absolute Gasteiger partial charge is 0.263 e. The van der Waals surface area contributed by atoms with Gasteiger partial charge in [-0.15, -0.1) is 10.2 Å². The predicted molar refractivity (Wildman–Crippen MR) is 102 cm³/mol. The average molecular weight is 387 g/mol. The van der Waals surface area contributed by atoms with Gasteiger partial charge in [0.15, 0.2) is 5.82 Å². The van der Waals surface area contributed by atoms with Crippen LogP contribution in [0.4, 0.5) is 17.3 Å². The summed E-state index contributed by atoms with van der Waals surface area (Å²) in [5, 5.41) is 14.1. The van der Waals surface area contributed by atoms with Crippen LogP contribution in [-0.2, 0) is 21.2 Å². The maximum atomic E-state index is 12.6. The molecule has 2 aromatic rings. The minimum absolute atomic E-state index is 0.0870. The number of amides is 1. The third-order valence-corrected chi connectivity index (χ3v) is 6.23. The zero-order valence-corrected chi connectivity index (χ0v) is 15.6. The number of benzene rings is 1. The van der Waals surface area contributed by atoms with Gasteiger partial charge in [-0.2, -0.15) is 0 Å². The number of aromatic nitrogens is 2. The van der Waals surface area contributed by atoms with Crippen molar-refractivity contribution in [3.63, 3.8) is 0 Å². The van der Waals surface area contributed by atoms with E-state index < -0.39 is 10.0 Å². The lowest BCUT2D eigenvalue weighted by Crippen LogP contribution is -2.23. The zero-order chi connectivity index (χ0) is 18.9. The molecule has 3 N–H and O–H groups in total. The molecule has 0 bridgehead atoms. The highest BCUT2D eigenvalue weighted by atomic mass is 32.2. The number of nitrogens with zero attached hydrogens (tertiary/aromatic N) is 2. The number of rotatable bonds is 5. The highest BCUT2D eigenvalue weighted by Crippen LogP contribution is 2.26. The minimum Gasteiger partial charge on any atom is -0.366 e. The van der Waals surface area contributed by atoms with Gasteiger partial charge in [-0.05, 0) is 48.7 Å². The molecule has 1 amide bonds. The summed E-state index contributed by atoms with van der Waals surface area (Å²) in [6.07, 6.45) is 6.12. The molecule has 2 aliphatic rings. The van der Waals surface area contributed by atoms with Crippen molar-refractivity contribution >= 4 is 33.3 Å². The standard InChI is InChI=1S/C18H21N5O3S/c24-18-11-12-10-14(6-7-15(12)20-18)27(25,26)23-17-9-8-16(21-22-17)19-13-4-2-1-3-5-13/h6-10,13H,1-5,11H2,(H,19,21)(H,20,24)(H,22,23). The van der Waals surface area contributed by atoms with Crippen molar-refractivity contribution in [3.8, 4) is 0 Å². The molecule has 1 fully saturated rings. The molecule has 2 heterocycles. The maximum Gasteiger partial charge on any atom is 0.263 e. The van der Waals surface area contributed by atoms with Gasteiger partial charge >= 0.3 is 0 Å². The van der Waals surface area contributed by atoms with Crippen LogP contribution in [0, 0.1) is 0 Å². The molecule has 1 saturated carbocycles. The molecular formula is C18H21N5O3S. The molecule has 1 aromatic heterocycles. The Labute approximate surface area is 157 Å². The molecule has 0 radical (unpaired) electrons. The van der Waals surface area contributed by atoms with E-state index in [1.54, 1.807) is 18.2 Å². The first-order chi connectivity index (χ1) is 13.0. The first kappa shape index (κ1) is 17.7. The minimum atomic E-state index is -3.80. The Balaban J connectivity index is 1.45. The fourth-order valence-corrected chi connectivity index (χ4v) is 4.54. The van der Waals surface area contributed by atoms with E-state index in [0.717, 1.165) is 12.8 Å². The third-order valence-electron chi connectivity index (χ3n) is 4.87. The summed E-state index contributed by atoms with van der Waals surface area (Å²) >= 11 is 0. The fourth-order valence-electron chi connectivity index (χ4n) is 3.49. The quantitative estimate of drug-likeness (QED) is 0.727. The molecule has 4 rings (SSSR count). The van der Waals surface area contributed by atoms with Gasteiger partial charge in [0.2, 0.25) is 5.91 Å². The molecule has 1 aliphatic heterocycles. The summed E-state index contributed by atoms with van der Waals surface area (Å²) < 4.78 is 27.6. The highest BCUT2D eigenvalue weighted by molar-refractivity contribution is 7.92. The van der Waals surface area contributed by atoms with E-state index in [-0.39, 0.29) is 23.0 Å². The fraction of sp³-hybridized carbons (Fsp3) is 0.389. The molecule has 1 aliphatic carbocycles. The first-order valence-electron chi connectivity index (χ1n) is 9.05. The Morgan fingerprint density at radius 3 is 2.48 bits per heavy atom. The molecule has 0 spiro atoms. The van der Waals surface area contributed by atoms with Crippen LogP contribution in [0.15, 0.2) is 35.2 Å². The Morgan fingerprint density at radius 1 is 1.00 bits per heavy atom. The molecule has 0 saturated heterocycles. The summed E-state index contributed by atoms with van der Waals surface area (Å²) in [6, 6.07) is 8.27. The maximum absolute atomic E-state index is 12.6. The number of anilines is 3. The van der Waals surface area contributed by atoms with Crippen molar-refractivity contribution in [2.75, 3.05) is 15.4 Å². The lowest BCUT2D eigenvalue weighted by Gasteiger charge is -2.22. The Bertz CT molecular complexity index is 953. The van der Waals surface area contributed by atoms with Crippen LogP contribution in [0.1, 0.15) is 37.7 Å². The normalized spacial score (nSPS) is 17.3. The van der Waals surface area contributed by atoms with Gasteiger partial charge in [0.1, 0.15) is 5.82 Å². The van der Waals surface area contributed by atoms with E-state index in [9.17, 15) is 13.2 Å². The van der Waals surface area contributed by atoms with Gasteiger partial charge < -0.3 is 10.6 Å². The van der Waals surface area contributed by atoms with Gasteiger partial charge in [-0.25, -0.2) is 8.42 Å². The van der Waals surface area contributed by atoms with Crippen LogP contribution in [0.3, 0.4) is 0 Å². The topological polar surface area (TPSA) is 113 Å². The summed E-state index contributed by atoms with van der Waals surface area (Å²) in [4.78, 5) is 11.5. The number of carbonyl (C=O) groups is 1. The van der Waals surface area contributed by atoms with E-state index in [0.29, 0.717) is 23.1 Å². The van der Waals surface area contributed by atoms with Crippen molar-refractivity contribution in [1.82, 2.24) is 10.2 Å². The van der Waals surface area contributed by atoms with Crippen molar-refractivity contribution in [3.05, 3.63) is 35.9 Å². The second kappa shape index (κ2) is 7.15. The largest absolute Gasteiger partial charge is 0.366 e. The Morgan fingerprint density at radius 2 is 1.74 bits per heavy atom. The lowest BCUT2D eigenvalue weighted by atomic mass is 9.95. The van der Waals surface area contributed by atoms with E-state index in [1.807, 2.05) is 0 Å². The van der Waals surface area contributed by atoms with Crippen LogP contribution in [0.2, 0.25) is 0 Å². The number of sulfonamides is 1. The van der Waals surface area contributed by atoms with E-state index in [1.165, 1.54) is 31.4 Å². The van der Waals surface area contributed by atoms with Gasteiger partial charge in [0.25, 0.3) is 10.0 Å². The second-order valence-corrected chi connectivity index (χ2v) is 8.61. The van der Waals surface area contributed by atoms with Crippen molar-refractivity contribution in [2.24, 2.45) is 0 Å². The summed E-state index contributed by atoms with van der Waals surface area (Å²) in [6.45, 7) is 0. The third kappa shape index (κ3) is 4.02. The molecule has 142 valence electrons. The van der Waals surface area contributed by atoms with Crippen LogP contribution < -0.4 is 15.4 Å². The monoisotopic (exact) mass is 387 g/mol. The number of hydrogen-bond donors (Lipinski definition) is 3. The number of nitrogens with one attached hydrogen (secondary N) is 3. The van der Waals surface area contributed by atoms with Crippen molar-refractivity contribution in [1.29, 1.82) is 0 Å². The van der Waals surface area contributed by atoms with Gasteiger partial charge in [0.05, 0.1) is 11.3 Å². The van der Waals surface area contributed by atoms with Gasteiger partial charge in [-0.3, -0.25) is 9.52 Å². The Hall–Kier alpha value is -2.68. The lowest BCUT2D eigenvalue weighted by molar-refractivity contribution is -0.115. The van der Waals surface area contributed by atoms with Crippen molar-refractivity contribution < 1.29 is 13.2 Å².